The van der Waals surface area contributed by atoms with Gasteiger partial charge in [-0.1, -0.05) is 32.4 Å². The zero-order chi connectivity index (χ0) is 26.5. The summed E-state index contributed by atoms with van der Waals surface area (Å²) in [6, 6.07) is 0. The van der Waals surface area contributed by atoms with Crippen molar-refractivity contribution in [2.24, 2.45) is 28.6 Å². The van der Waals surface area contributed by atoms with Crippen LogP contribution in [-0.2, 0) is 19.1 Å². The van der Waals surface area contributed by atoms with Crippen molar-refractivity contribution in [2.75, 3.05) is 18.1 Å². The van der Waals surface area contributed by atoms with Gasteiger partial charge in [0.25, 0.3) is 0 Å². The number of allylic oxidation sites excluding steroid dienone is 4. The lowest BCUT2D eigenvalue weighted by molar-refractivity contribution is -0.227. The minimum absolute atomic E-state index is 0.0184. The zero-order valence-corrected chi connectivity index (χ0v) is 22.5. The molecule has 6 nitrogen and oxygen atoms in total. The number of Topliss-reactive ketones (excluding diaryl/α,β-unsaturated/α-hetero) is 1. The van der Waals surface area contributed by atoms with Crippen molar-refractivity contribution in [1.82, 2.24) is 0 Å². The Labute approximate surface area is 217 Å². The number of ketones is 2. The lowest BCUT2D eigenvalue weighted by Crippen LogP contribution is -2.70. The first-order chi connectivity index (χ1) is 16.9. The molecule has 8 heteroatoms. The van der Waals surface area contributed by atoms with Crippen LogP contribution in [0, 0.1) is 28.6 Å². The lowest BCUT2D eigenvalue weighted by atomic mass is 9.44. The number of aliphatic hydroxyl groups excluding tert-OH is 2. The van der Waals surface area contributed by atoms with Crippen LogP contribution in [0.2, 0.25) is 0 Å². The van der Waals surface area contributed by atoms with Gasteiger partial charge in [-0.15, -0.1) is 0 Å². The van der Waals surface area contributed by atoms with E-state index in [4.69, 9.17) is 4.74 Å². The normalized spacial score (nSPS) is 43.3. The molecular weight excluding hydrogens is 483 g/mol. The van der Waals surface area contributed by atoms with E-state index in [0.717, 1.165) is 0 Å². The fraction of sp³-hybridized carbons (Fsp3) is 0.750. The number of esters is 1. The van der Waals surface area contributed by atoms with Crippen molar-refractivity contribution < 1.29 is 33.7 Å². The van der Waals surface area contributed by atoms with E-state index in [1.54, 1.807) is 13.0 Å². The summed E-state index contributed by atoms with van der Waals surface area (Å²) in [7, 11) is 0. The van der Waals surface area contributed by atoms with Gasteiger partial charge in [0.1, 0.15) is 0 Å². The van der Waals surface area contributed by atoms with E-state index in [9.17, 15) is 24.6 Å². The van der Waals surface area contributed by atoms with Crippen molar-refractivity contribution in [1.29, 1.82) is 0 Å². The van der Waals surface area contributed by atoms with Gasteiger partial charge in [-0.05, 0) is 57.1 Å². The van der Waals surface area contributed by atoms with Crippen molar-refractivity contribution in [3.05, 3.63) is 23.8 Å². The van der Waals surface area contributed by atoms with Gasteiger partial charge in [0.2, 0.25) is 0 Å². The molecule has 4 aliphatic carbocycles. The molecule has 0 bridgehead atoms. The van der Waals surface area contributed by atoms with E-state index in [2.05, 4.69) is 0 Å². The molecule has 0 aromatic rings. The third-order valence-electron chi connectivity index (χ3n) is 9.79. The van der Waals surface area contributed by atoms with Crippen molar-refractivity contribution in [2.45, 2.75) is 83.6 Å². The number of aliphatic hydroxyl groups is 2. The van der Waals surface area contributed by atoms with Gasteiger partial charge in [-0.3, -0.25) is 14.4 Å². The van der Waals surface area contributed by atoms with Crippen LogP contribution in [0.5, 0.6) is 0 Å². The quantitative estimate of drug-likeness (QED) is 0.367. The lowest BCUT2D eigenvalue weighted by Gasteiger charge is -2.62. The highest BCUT2D eigenvalue weighted by Crippen LogP contribution is 2.71. The van der Waals surface area contributed by atoms with E-state index in [-0.39, 0.29) is 48.6 Å². The minimum Gasteiger partial charge on any atom is -0.450 e. The molecule has 0 aromatic heterocycles. The molecule has 0 aromatic carbocycles. The monoisotopic (exact) mass is 522 g/mol. The van der Waals surface area contributed by atoms with Crippen molar-refractivity contribution in [3.8, 4) is 0 Å². The second kappa shape index (κ2) is 9.66. The second-order valence-corrected chi connectivity index (χ2v) is 12.7. The fourth-order valence-corrected chi connectivity index (χ4v) is 8.84. The number of ether oxygens (including phenoxy) is 1. The Morgan fingerprint density at radius 2 is 2.00 bits per heavy atom. The Kier molecular flexibility index (Phi) is 7.39. The number of alkyl halides is 1. The number of fused-ring (bicyclic) bond motifs is 5. The fourth-order valence-electron chi connectivity index (χ4n) is 8.17. The Balaban J connectivity index is 1.79. The molecule has 0 amide bonds. The molecule has 3 fully saturated rings. The third-order valence-corrected chi connectivity index (χ3v) is 10.7. The highest BCUT2D eigenvalue weighted by atomic mass is 32.2. The first-order valence-corrected chi connectivity index (χ1v) is 14.3. The number of hydrogen-bond donors (Lipinski definition) is 2. The summed E-state index contributed by atoms with van der Waals surface area (Å²) in [5.74, 6) is -1.58. The summed E-state index contributed by atoms with van der Waals surface area (Å²) in [6.07, 6.45) is 5.36. The van der Waals surface area contributed by atoms with Gasteiger partial charge in [0, 0.05) is 34.8 Å². The Bertz CT molecular complexity index is 995. The summed E-state index contributed by atoms with van der Waals surface area (Å²) in [5, 5.41) is 20.8. The van der Waals surface area contributed by atoms with Gasteiger partial charge < -0.3 is 14.9 Å². The molecule has 0 radical (unpaired) electrons. The van der Waals surface area contributed by atoms with Gasteiger partial charge >= 0.3 is 5.97 Å². The number of carbonyl (C=O) groups is 3. The van der Waals surface area contributed by atoms with Gasteiger partial charge in [-0.25, -0.2) is 4.39 Å². The van der Waals surface area contributed by atoms with Crippen molar-refractivity contribution in [3.63, 3.8) is 0 Å². The minimum atomic E-state index is -2.00. The number of hydrogen-bond acceptors (Lipinski definition) is 7. The van der Waals surface area contributed by atoms with Gasteiger partial charge in [0.05, 0.1) is 18.5 Å². The molecule has 0 spiro atoms. The summed E-state index contributed by atoms with van der Waals surface area (Å²) >= 11 is 1.29. The molecule has 8 atom stereocenters. The molecule has 0 aliphatic heterocycles. The van der Waals surface area contributed by atoms with Gasteiger partial charge in [-0.2, -0.15) is 11.8 Å². The first-order valence-electron chi connectivity index (χ1n) is 13.2. The largest absolute Gasteiger partial charge is 0.450 e. The first kappa shape index (κ1) is 27.5. The van der Waals surface area contributed by atoms with E-state index in [1.807, 2.05) is 20.8 Å². The van der Waals surface area contributed by atoms with Crippen LogP contribution in [0.1, 0.15) is 66.2 Å². The SMILES string of the molecule is CCCC(=O)O[C@]1(C(=O)CSCCO)[C@@H](C)C[C@H]2[C@@H]3CCC4=CC(=O)C=C[C@]4(C)[C@@]3(F)[C@@H](O)C[C@@]21C. The van der Waals surface area contributed by atoms with E-state index in [1.165, 1.54) is 23.9 Å². The summed E-state index contributed by atoms with van der Waals surface area (Å²) < 4.78 is 23.6. The molecule has 200 valence electrons. The summed E-state index contributed by atoms with van der Waals surface area (Å²) in [6.45, 7) is 7.37. The molecule has 3 saturated carbocycles. The number of carbonyl (C=O) groups excluding carboxylic acids is 3. The smallest absolute Gasteiger partial charge is 0.306 e. The maximum Gasteiger partial charge on any atom is 0.306 e. The summed E-state index contributed by atoms with van der Waals surface area (Å²) in [5.41, 5.74) is -4.82. The predicted octanol–water partition coefficient (Wildman–Crippen LogP) is 3.98. The average Bonchev–Trinajstić information content (AvgIpc) is 3.03. The molecule has 4 rings (SSSR count). The number of thioether (sulfide) groups is 1. The topological polar surface area (TPSA) is 101 Å². The molecule has 0 unspecified atom stereocenters. The second-order valence-electron chi connectivity index (χ2n) is 11.6. The highest BCUT2D eigenvalue weighted by molar-refractivity contribution is 7.99. The Hall–Kier alpha value is -1.51. The maximum absolute atomic E-state index is 17.4. The van der Waals surface area contributed by atoms with Crippen LogP contribution in [-0.4, -0.2) is 63.2 Å². The molecule has 0 heterocycles. The predicted molar refractivity (Wildman–Crippen MR) is 136 cm³/mol. The molecule has 0 saturated heterocycles. The standard InChI is InChI=1S/C28H39FO6S/c1-5-6-24(34)35-28(23(33)16-36-12-11-30)17(2)13-21-20-8-7-18-14-19(31)9-10-25(18,3)27(20,29)22(32)15-26(21,28)4/h9-10,14,17,20-22,30,32H,5-8,11-13,15-16H2,1-4H3/t17-,20-,21-,22-,25-,26-,27-,28-/m0/s1. The zero-order valence-electron chi connectivity index (χ0n) is 21.7. The third kappa shape index (κ3) is 3.69. The van der Waals surface area contributed by atoms with Crippen LogP contribution in [0.3, 0.4) is 0 Å². The van der Waals surface area contributed by atoms with E-state index < -0.39 is 40.1 Å². The van der Waals surface area contributed by atoms with Crippen molar-refractivity contribution >= 4 is 29.3 Å². The van der Waals surface area contributed by atoms with Crippen LogP contribution >= 0.6 is 11.8 Å². The molecular formula is C28H39FO6S. The van der Waals surface area contributed by atoms with Crippen LogP contribution < -0.4 is 0 Å². The van der Waals surface area contributed by atoms with Crippen LogP contribution in [0.4, 0.5) is 4.39 Å². The maximum atomic E-state index is 17.4. The molecule has 36 heavy (non-hydrogen) atoms. The van der Waals surface area contributed by atoms with Gasteiger partial charge in [0.15, 0.2) is 22.8 Å². The Morgan fingerprint density at radius 3 is 2.67 bits per heavy atom. The van der Waals surface area contributed by atoms with E-state index in [0.29, 0.717) is 37.0 Å². The summed E-state index contributed by atoms with van der Waals surface area (Å²) in [4.78, 5) is 38.9. The number of rotatable bonds is 8. The number of halogens is 1. The Morgan fingerprint density at radius 1 is 1.28 bits per heavy atom. The average molecular weight is 523 g/mol. The highest BCUT2D eigenvalue weighted by Gasteiger charge is 2.77. The van der Waals surface area contributed by atoms with E-state index >= 15 is 4.39 Å². The molecule has 4 aliphatic rings. The van der Waals surface area contributed by atoms with Crippen LogP contribution in [0.15, 0.2) is 23.8 Å². The molecule has 2 N–H and O–H groups in total. The van der Waals surface area contributed by atoms with Crippen LogP contribution in [0.25, 0.3) is 0 Å².